The van der Waals surface area contributed by atoms with Crippen molar-refractivity contribution in [2.75, 3.05) is 12.8 Å². The van der Waals surface area contributed by atoms with Gasteiger partial charge in [-0.15, -0.1) is 0 Å². The van der Waals surface area contributed by atoms with E-state index in [0.717, 1.165) is 18.2 Å². The minimum atomic E-state index is 0.669. The Bertz CT molecular complexity index is 443. The lowest BCUT2D eigenvalue weighted by Crippen LogP contribution is -1.89. The Morgan fingerprint density at radius 2 is 1.62 bits per heavy atom. The molecular weight excluding hydrogens is 222 g/mol. The molecule has 0 fully saturated rings. The van der Waals surface area contributed by atoms with Crippen LogP contribution >= 0.6 is 11.6 Å². The first-order valence-corrected chi connectivity index (χ1v) is 5.20. The summed E-state index contributed by atoms with van der Waals surface area (Å²) < 4.78 is 0. The van der Waals surface area contributed by atoms with Crippen molar-refractivity contribution in [1.29, 1.82) is 0 Å². The summed E-state index contributed by atoms with van der Waals surface area (Å²) in [4.78, 5) is 0. The Morgan fingerprint density at radius 3 is 2.19 bits per heavy atom. The summed E-state index contributed by atoms with van der Waals surface area (Å²) in [5.74, 6) is 0. The van der Waals surface area contributed by atoms with E-state index in [1.54, 1.807) is 6.07 Å². The Kier molecular flexibility index (Phi) is 4.83. The number of nitrogen functional groups attached to an aromatic ring is 1. The van der Waals surface area contributed by atoms with E-state index in [1.165, 1.54) is 0 Å². The number of rotatable bonds is 1. The molecule has 0 aliphatic rings. The van der Waals surface area contributed by atoms with E-state index in [2.05, 4.69) is 0 Å². The molecular formula is C13H14ClNO. The maximum absolute atomic E-state index is 7.00. The molecule has 0 spiro atoms. The number of benzene rings is 2. The SMILES string of the molecule is CO.Nc1cc(Cl)ccc1-c1ccccc1. The van der Waals surface area contributed by atoms with Crippen LogP contribution in [0.25, 0.3) is 11.1 Å². The van der Waals surface area contributed by atoms with E-state index in [-0.39, 0.29) is 0 Å². The molecule has 0 amide bonds. The van der Waals surface area contributed by atoms with Crippen molar-refractivity contribution in [3.8, 4) is 11.1 Å². The number of aliphatic hydroxyl groups excluding tert-OH is 1. The van der Waals surface area contributed by atoms with Gasteiger partial charge in [-0.2, -0.15) is 0 Å². The molecule has 3 N–H and O–H groups in total. The summed E-state index contributed by atoms with van der Waals surface area (Å²) in [6, 6.07) is 15.6. The van der Waals surface area contributed by atoms with Crippen LogP contribution in [0.15, 0.2) is 48.5 Å². The molecule has 0 unspecified atom stereocenters. The number of aliphatic hydroxyl groups is 1. The van der Waals surface area contributed by atoms with Crippen molar-refractivity contribution in [3.05, 3.63) is 53.6 Å². The zero-order valence-corrected chi connectivity index (χ0v) is 9.78. The third-order valence-electron chi connectivity index (χ3n) is 2.10. The van der Waals surface area contributed by atoms with Crippen LogP contribution < -0.4 is 5.73 Å². The smallest absolute Gasteiger partial charge is 0.0426 e. The van der Waals surface area contributed by atoms with Crippen LogP contribution in [0, 0.1) is 0 Å². The van der Waals surface area contributed by atoms with Crippen LogP contribution in [0.3, 0.4) is 0 Å². The highest BCUT2D eigenvalue weighted by Gasteiger charge is 2.01. The Labute approximate surface area is 100 Å². The lowest BCUT2D eigenvalue weighted by atomic mass is 10.0. The molecule has 84 valence electrons. The van der Waals surface area contributed by atoms with Gasteiger partial charge in [-0.3, -0.25) is 0 Å². The Hall–Kier alpha value is -1.51. The fraction of sp³-hybridized carbons (Fsp3) is 0.0769. The average Bonchev–Trinajstić information content (AvgIpc) is 2.33. The van der Waals surface area contributed by atoms with Crippen LogP contribution in [0.4, 0.5) is 5.69 Å². The van der Waals surface area contributed by atoms with E-state index in [9.17, 15) is 0 Å². The van der Waals surface area contributed by atoms with Gasteiger partial charge in [0.25, 0.3) is 0 Å². The molecule has 2 nitrogen and oxygen atoms in total. The van der Waals surface area contributed by atoms with E-state index in [1.807, 2.05) is 42.5 Å². The summed E-state index contributed by atoms with van der Waals surface area (Å²) in [6.45, 7) is 0. The predicted molar refractivity (Wildman–Crippen MR) is 69.4 cm³/mol. The molecule has 0 aliphatic heterocycles. The number of hydrogen-bond acceptors (Lipinski definition) is 2. The highest BCUT2D eigenvalue weighted by molar-refractivity contribution is 6.31. The van der Waals surface area contributed by atoms with Crippen LogP contribution in [0.1, 0.15) is 0 Å². The molecule has 0 aromatic heterocycles. The number of anilines is 1. The Balaban J connectivity index is 0.000000606. The largest absolute Gasteiger partial charge is 0.400 e. The lowest BCUT2D eigenvalue weighted by molar-refractivity contribution is 0.399. The zero-order chi connectivity index (χ0) is 12.0. The van der Waals surface area contributed by atoms with Gasteiger partial charge in [0, 0.05) is 23.4 Å². The number of nitrogens with two attached hydrogens (primary N) is 1. The molecule has 0 saturated heterocycles. The van der Waals surface area contributed by atoms with Crippen molar-refractivity contribution in [3.63, 3.8) is 0 Å². The van der Waals surface area contributed by atoms with E-state index >= 15 is 0 Å². The molecule has 0 atom stereocenters. The summed E-state index contributed by atoms with van der Waals surface area (Å²) >= 11 is 5.82. The molecule has 2 aromatic carbocycles. The first-order chi connectivity index (χ1) is 7.77. The highest BCUT2D eigenvalue weighted by atomic mass is 35.5. The standard InChI is InChI=1S/C12H10ClN.CH4O/c13-10-6-7-11(12(14)8-10)9-4-2-1-3-5-9;1-2/h1-8H,14H2;2H,1H3. The molecule has 2 rings (SSSR count). The first kappa shape index (κ1) is 12.6. The van der Waals surface area contributed by atoms with Crippen molar-refractivity contribution in [2.45, 2.75) is 0 Å². The quantitative estimate of drug-likeness (QED) is 0.746. The van der Waals surface area contributed by atoms with Crippen molar-refractivity contribution in [1.82, 2.24) is 0 Å². The molecule has 0 aliphatic carbocycles. The molecule has 3 heteroatoms. The van der Waals surface area contributed by atoms with Crippen LogP contribution in [-0.2, 0) is 0 Å². The lowest BCUT2D eigenvalue weighted by Gasteiger charge is -2.05. The van der Waals surface area contributed by atoms with E-state index in [4.69, 9.17) is 22.4 Å². The van der Waals surface area contributed by atoms with Gasteiger partial charge in [-0.25, -0.2) is 0 Å². The topological polar surface area (TPSA) is 46.2 Å². The molecule has 0 radical (unpaired) electrons. The second-order valence-corrected chi connectivity index (χ2v) is 3.53. The maximum atomic E-state index is 7.00. The minimum absolute atomic E-state index is 0.669. The molecule has 2 aromatic rings. The molecule has 0 saturated carbocycles. The second-order valence-electron chi connectivity index (χ2n) is 3.10. The summed E-state index contributed by atoms with van der Waals surface area (Å²) in [6.07, 6.45) is 0. The third-order valence-corrected chi connectivity index (χ3v) is 2.33. The zero-order valence-electron chi connectivity index (χ0n) is 9.02. The van der Waals surface area contributed by atoms with Gasteiger partial charge in [-0.05, 0) is 17.7 Å². The van der Waals surface area contributed by atoms with Gasteiger partial charge in [0.15, 0.2) is 0 Å². The van der Waals surface area contributed by atoms with Gasteiger partial charge in [0.05, 0.1) is 0 Å². The fourth-order valence-electron chi connectivity index (χ4n) is 1.41. The minimum Gasteiger partial charge on any atom is -0.400 e. The third kappa shape index (κ3) is 2.99. The van der Waals surface area contributed by atoms with Crippen molar-refractivity contribution in [2.24, 2.45) is 0 Å². The average molecular weight is 236 g/mol. The Morgan fingerprint density at radius 1 is 1.00 bits per heavy atom. The number of hydrogen-bond donors (Lipinski definition) is 2. The summed E-state index contributed by atoms with van der Waals surface area (Å²) in [7, 11) is 1.00. The monoisotopic (exact) mass is 235 g/mol. The summed E-state index contributed by atoms with van der Waals surface area (Å²) in [5, 5.41) is 7.67. The highest BCUT2D eigenvalue weighted by Crippen LogP contribution is 2.27. The molecule has 16 heavy (non-hydrogen) atoms. The molecule has 0 heterocycles. The van der Waals surface area contributed by atoms with Gasteiger partial charge in [0.2, 0.25) is 0 Å². The summed E-state index contributed by atoms with van der Waals surface area (Å²) in [5.41, 5.74) is 8.72. The van der Waals surface area contributed by atoms with Gasteiger partial charge >= 0.3 is 0 Å². The predicted octanol–water partition coefficient (Wildman–Crippen LogP) is 3.20. The first-order valence-electron chi connectivity index (χ1n) is 4.82. The fourth-order valence-corrected chi connectivity index (χ4v) is 1.59. The number of halogens is 1. The van der Waals surface area contributed by atoms with Crippen LogP contribution in [-0.4, -0.2) is 12.2 Å². The second kappa shape index (κ2) is 6.16. The van der Waals surface area contributed by atoms with E-state index < -0.39 is 0 Å². The van der Waals surface area contributed by atoms with Gasteiger partial charge < -0.3 is 10.8 Å². The van der Waals surface area contributed by atoms with Gasteiger partial charge in [0.1, 0.15) is 0 Å². The maximum Gasteiger partial charge on any atom is 0.0426 e. The molecule has 0 bridgehead atoms. The van der Waals surface area contributed by atoms with Crippen molar-refractivity contribution >= 4 is 17.3 Å². The van der Waals surface area contributed by atoms with Crippen LogP contribution in [0.5, 0.6) is 0 Å². The normalized spacial score (nSPS) is 9.19. The van der Waals surface area contributed by atoms with E-state index in [0.29, 0.717) is 10.7 Å². The van der Waals surface area contributed by atoms with Crippen molar-refractivity contribution < 1.29 is 5.11 Å². The van der Waals surface area contributed by atoms with Gasteiger partial charge in [-0.1, -0.05) is 48.0 Å². The van der Waals surface area contributed by atoms with Crippen LogP contribution in [0.2, 0.25) is 5.02 Å².